The van der Waals surface area contributed by atoms with Gasteiger partial charge in [0.25, 0.3) is 0 Å². The SMILES string of the molecule is COc1cc([C@H](O)[C@@H](C)C(=O)N2C(=O)OC[C@H]2Cc2ccccc2)cc2c1OCO2. The Morgan fingerprint density at radius 1 is 1.23 bits per heavy atom. The minimum Gasteiger partial charge on any atom is -0.493 e. The molecule has 8 nitrogen and oxygen atoms in total. The van der Waals surface area contributed by atoms with Gasteiger partial charge >= 0.3 is 6.09 Å². The molecular formula is C22H23NO7. The average Bonchev–Trinajstić information content (AvgIpc) is 3.38. The summed E-state index contributed by atoms with van der Waals surface area (Å²) >= 11 is 0. The molecule has 2 aliphatic rings. The number of hydrogen-bond donors (Lipinski definition) is 1. The zero-order valence-electron chi connectivity index (χ0n) is 16.7. The molecule has 2 aliphatic heterocycles. The second kappa shape index (κ2) is 8.23. The second-order valence-corrected chi connectivity index (χ2v) is 7.32. The average molecular weight is 413 g/mol. The molecule has 30 heavy (non-hydrogen) atoms. The van der Waals surface area contributed by atoms with E-state index in [2.05, 4.69) is 0 Å². The van der Waals surface area contributed by atoms with Gasteiger partial charge in [0, 0.05) is 0 Å². The molecule has 4 rings (SSSR count). The molecule has 3 atom stereocenters. The number of aliphatic hydroxyl groups excluding tert-OH is 1. The van der Waals surface area contributed by atoms with E-state index in [1.54, 1.807) is 19.1 Å². The van der Waals surface area contributed by atoms with Gasteiger partial charge in [-0.05, 0) is 29.7 Å². The first-order valence-electron chi connectivity index (χ1n) is 9.69. The zero-order chi connectivity index (χ0) is 21.3. The lowest BCUT2D eigenvalue weighted by atomic mass is 9.94. The number of hydrogen-bond acceptors (Lipinski definition) is 7. The first-order chi connectivity index (χ1) is 14.5. The van der Waals surface area contributed by atoms with Crippen molar-refractivity contribution in [2.75, 3.05) is 20.5 Å². The van der Waals surface area contributed by atoms with Crippen LogP contribution < -0.4 is 14.2 Å². The number of carbonyl (C=O) groups is 2. The highest BCUT2D eigenvalue weighted by molar-refractivity contribution is 5.95. The van der Waals surface area contributed by atoms with E-state index < -0.39 is 30.1 Å². The summed E-state index contributed by atoms with van der Waals surface area (Å²) in [6.07, 6.45) is -1.38. The molecule has 0 aliphatic carbocycles. The van der Waals surface area contributed by atoms with E-state index in [4.69, 9.17) is 18.9 Å². The number of aliphatic hydroxyl groups is 1. The number of nitrogens with zero attached hydrogens (tertiary/aromatic N) is 1. The molecule has 0 saturated carbocycles. The Labute approximate surface area is 173 Å². The number of amides is 2. The number of benzene rings is 2. The first-order valence-corrected chi connectivity index (χ1v) is 9.69. The van der Waals surface area contributed by atoms with Gasteiger partial charge in [-0.2, -0.15) is 0 Å². The van der Waals surface area contributed by atoms with Gasteiger partial charge in [-0.25, -0.2) is 9.69 Å². The maximum atomic E-state index is 13.1. The van der Waals surface area contributed by atoms with Gasteiger partial charge in [-0.3, -0.25) is 4.79 Å². The van der Waals surface area contributed by atoms with Crippen LogP contribution in [0.25, 0.3) is 0 Å². The Morgan fingerprint density at radius 2 is 2.00 bits per heavy atom. The molecule has 8 heteroatoms. The van der Waals surface area contributed by atoms with E-state index in [9.17, 15) is 14.7 Å². The minimum atomic E-state index is -1.17. The van der Waals surface area contributed by atoms with E-state index >= 15 is 0 Å². The van der Waals surface area contributed by atoms with Crippen LogP contribution in [-0.4, -0.2) is 48.6 Å². The zero-order valence-corrected chi connectivity index (χ0v) is 16.7. The van der Waals surface area contributed by atoms with E-state index in [0.717, 1.165) is 10.5 Å². The van der Waals surface area contributed by atoms with E-state index in [1.165, 1.54) is 7.11 Å². The second-order valence-electron chi connectivity index (χ2n) is 7.32. The van der Waals surface area contributed by atoms with E-state index in [0.29, 0.717) is 29.2 Å². The van der Waals surface area contributed by atoms with Crippen LogP contribution in [0, 0.1) is 5.92 Å². The summed E-state index contributed by atoms with van der Waals surface area (Å²) in [5.74, 6) is -0.0909. The van der Waals surface area contributed by atoms with Gasteiger partial charge in [0.05, 0.1) is 25.2 Å². The predicted octanol–water partition coefficient (Wildman–Crippen LogP) is 2.68. The monoisotopic (exact) mass is 413 g/mol. The van der Waals surface area contributed by atoms with Crippen molar-refractivity contribution < 1.29 is 33.6 Å². The molecule has 1 saturated heterocycles. The topological polar surface area (TPSA) is 94.5 Å². The largest absolute Gasteiger partial charge is 0.493 e. The Bertz CT molecular complexity index is 946. The summed E-state index contributed by atoms with van der Waals surface area (Å²) < 4.78 is 21.2. The van der Waals surface area contributed by atoms with Crippen LogP contribution in [0.15, 0.2) is 42.5 Å². The van der Waals surface area contributed by atoms with Crippen molar-refractivity contribution >= 4 is 12.0 Å². The highest BCUT2D eigenvalue weighted by Gasteiger charge is 2.41. The van der Waals surface area contributed by atoms with Crippen molar-refractivity contribution in [2.45, 2.75) is 25.5 Å². The molecule has 0 bridgehead atoms. The predicted molar refractivity (Wildman–Crippen MR) is 105 cm³/mol. The molecule has 0 spiro atoms. The van der Waals surface area contributed by atoms with Crippen LogP contribution in [0.5, 0.6) is 17.2 Å². The van der Waals surface area contributed by atoms with Crippen molar-refractivity contribution in [1.29, 1.82) is 0 Å². The Kier molecular flexibility index (Phi) is 5.50. The fourth-order valence-electron chi connectivity index (χ4n) is 3.73. The molecule has 1 fully saturated rings. The van der Waals surface area contributed by atoms with Crippen molar-refractivity contribution in [3.8, 4) is 17.2 Å². The standard InChI is InChI=1S/C22H23NO7/c1-13(19(24)15-9-17(27-2)20-18(10-15)29-12-30-20)21(25)23-16(11-28-22(23)26)8-14-6-4-3-5-7-14/h3-7,9-10,13,16,19,24H,8,11-12H2,1-2H3/t13-,16-,19-/m1/s1. The lowest BCUT2D eigenvalue weighted by molar-refractivity contribution is -0.136. The van der Waals surface area contributed by atoms with E-state index in [1.807, 2.05) is 30.3 Å². The summed E-state index contributed by atoms with van der Waals surface area (Å²) in [6.45, 7) is 1.76. The smallest absolute Gasteiger partial charge is 0.416 e. The van der Waals surface area contributed by atoms with Gasteiger partial charge in [-0.1, -0.05) is 37.3 Å². The van der Waals surface area contributed by atoms with Gasteiger partial charge in [0.15, 0.2) is 11.5 Å². The molecule has 2 heterocycles. The Balaban J connectivity index is 1.54. The number of imide groups is 1. The summed E-state index contributed by atoms with van der Waals surface area (Å²) in [5.41, 5.74) is 1.43. The van der Waals surface area contributed by atoms with Gasteiger partial charge in [0.2, 0.25) is 18.4 Å². The number of methoxy groups -OCH3 is 1. The number of rotatable bonds is 6. The molecule has 1 N–H and O–H groups in total. The summed E-state index contributed by atoms with van der Waals surface area (Å²) in [5, 5.41) is 10.9. The molecule has 158 valence electrons. The Hall–Kier alpha value is -3.26. The normalized spacial score (nSPS) is 19.4. The van der Waals surface area contributed by atoms with Crippen LogP contribution in [0.4, 0.5) is 4.79 Å². The summed E-state index contributed by atoms with van der Waals surface area (Å²) in [7, 11) is 1.48. The quantitative estimate of drug-likeness (QED) is 0.778. The third-order valence-electron chi connectivity index (χ3n) is 5.40. The van der Waals surface area contributed by atoms with Gasteiger partial charge < -0.3 is 24.1 Å². The van der Waals surface area contributed by atoms with Crippen LogP contribution >= 0.6 is 0 Å². The lowest BCUT2D eigenvalue weighted by Gasteiger charge is -2.26. The molecule has 2 aromatic carbocycles. The van der Waals surface area contributed by atoms with Crippen LogP contribution in [-0.2, 0) is 16.0 Å². The fourth-order valence-corrected chi connectivity index (χ4v) is 3.73. The number of fused-ring (bicyclic) bond motifs is 1. The molecule has 2 aromatic rings. The van der Waals surface area contributed by atoms with Gasteiger partial charge in [0.1, 0.15) is 6.61 Å². The number of carbonyl (C=O) groups excluding carboxylic acids is 2. The first kappa shape index (κ1) is 20.0. The van der Waals surface area contributed by atoms with Crippen LogP contribution in [0.2, 0.25) is 0 Å². The summed E-state index contributed by atoms with van der Waals surface area (Å²) in [6, 6.07) is 12.4. The molecular weight excluding hydrogens is 390 g/mol. The lowest BCUT2D eigenvalue weighted by Crippen LogP contribution is -2.44. The fraction of sp³-hybridized carbons (Fsp3) is 0.364. The third-order valence-corrected chi connectivity index (χ3v) is 5.40. The molecule has 0 radical (unpaired) electrons. The maximum Gasteiger partial charge on any atom is 0.416 e. The molecule has 0 unspecified atom stereocenters. The molecule has 0 aromatic heterocycles. The third kappa shape index (κ3) is 3.66. The summed E-state index contributed by atoms with van der Waals surface area (Å²) in [4.78, 5) is 26.5. The maximum absolute atomic E-state index is 13.1. The minimum absolute atomic E-state index is 0.0561. The van der Waals surface area contributed by atoms with Crippen molar-refractivity contribution in [2.24, 2.45) is 5.92 Å². The van der Waals surface area contributed by atoms with Crippen molar-refractivity contribution in [1.82, 2.24) is 4.90 Å². The van der Waals surface area contributed by atoms with Crippen LogP contribution in [0.3, 0.4) is 0 Å². The van der Waals surface area contributed by atoms with Gasteiger partial charge in [-0.15, -0.1) is 0 Å². The number of ether oxygens (including phenoxy) is 4. The highest BCUT2D eigenvalue weighted by Crippen LogP contribution is 2.44. The van der Waals surface area contributed by atoms with E-state index in [-0.39, 0.29) is 13.4 Å². The van der Waals surface area contributed by atoms with Crippen molar-refractivity contribution in [3.63, 3.8) is 0 Å². The number of cyclic esters (lactones) is 1. The van der Waals surface area contributed by atoms with Crippen LogP contribution in [0.1, 0.15) is 24.2 Å². The Morgan fingerprint density at radius 3 is 2.73 bits per heavy atom. The highest BCUT2D eigenvalue weighted by atomic mass is 16.7. The van der Waals surface area contributed by atoms with Crippen molar-refractivity contribution in [3.05, 3.63) is 53.6 Å². The molecule has 2 amide bonds.